The minimum Gasteiger partial charge on any atom is -0.324 e. The van der Waals surface area contributed by atoms with E-state index in [9.17, 15) is 18.0 Å². The Bertz CT molecular complexity index is 1000. The van der Waals surface area contributed by atoms with Crippen molar-refractivity contribution in [1.82, 2.24) is 4.90 Å². The number of nitrogens with zero attached hydrogens (tertiary/aromatic N) is 1. The Hall–Kier alpha value is -2.57. The molecule has 0 aromatic heterocycles. The van der Waals surface area contributed by atoms with Crippen LogP contribution in [0.25, 0.3) is 10.8 Å². The molecule has 7 heteroatoms. The van der Waals surface area contributed by atoms with Crippen LogP contribution >= 0.6 is 11.6 Å². The van der Waals surface area contributed by atoms with Gasteiger partial charge in [-0.3, -0.25) is 9.69 Å². The van der Waals surface area contributed by atoms with Crippen molar-refractivity contribution >= 4 is 34.0 Å². The first kappa shape index (κ1) is 20.2. The Labute approximate surface area is 165 Å². The number of halogens is 4. The molecule has 146 valence electrons. The molecule has 1 N–H and O–H groups in total. The summed E-state index contributed by atoms with van der Waals surface area (Å²) in [5, 5.41) is 4.50. The molecule has 3 rings (SSSR count). The molecule has 0 spiro atoms. The van der Waals surface area contributed by atoms with Gasteiger partial charge in [-0.1, -0.05) is 48.0 Å². The second-order valence-corrected chi connectivity index (χ2v) is 7.03. The average Bonchev–Trinajstić information content (AvgIpc) is 2.62. The second kappa shape index (κ2) is 8.20. The van der Waals surface area contributed by atoms with Crippen LogP contribution < -0.4 is 5.32 Å². The number of nitrogens with one attached hydrogen (secondary N) is 1. The first-order valence-electron chi connectivity index (χ1n) is 8.55. The minimum absolute atomic E-state index is 0.0428. The van der Waals surface area contributed by atoms with Gasteiger partial charge in [-0.25, -0.2) is 0 Å². The molecule has 3 aromatic rings. The smallest absolute Gasteiger partial charge is 0.324 e. The number of fused-ring (bicyclic) bond motifs is 1. The van der Waals surface area contributed by atoms with Crippen LogP contribution in [0.3, 0.4) is 0 Å². The van der Waals surface area contributed by atoms with E-state index in [1.807, 2.05) is 42.5 Å². The summed E-state index contributed by atoms with van der Waals surface area (Å²) in [4.78, 5) is 14.0. The van der Waals surface area contributed by atoms with E-state index in [0.717, 1.165) is 28.5 Å². The molecular weight excluding hydrogens is 389 g/mol. The van der Waals surface area contributed by atoms with Crippen molar-refractivity contribution < 1.29 is 18.0 Å². The van der Waals surface area contributed by atoms with Crippen molar-refractivity contribution in [2.45, 2.75) is 12.7 Å². The lowest BCUT2D eigenvalue weighted by molar-refractivity contribution is -0.137. The molecule has 1 amide bonds. The maximum Gasteiger partial charge on any atom is 0.418 e. The van der Waals surface area contributed by atoms with Gasteiger partial charge in [-0.2, -0.15) is 13.2 Å². The monoisotopic (exact) mass is 406 g/mol. The van der Waals surface area contributed by atoms with Gasteiger partial charge in [-0.15, -0.1) is 0 Å². The molecule has 0 fully saturated rings. The summed E-state index contributed by atoms with van der Waals surface area (Å²) in [5.74, 6) is -0.531. The van der Waals surface area contributed by atoms with Gasteiger partial charge in [0.2, 0.25) is 5.91 Å². The van der Waals surface area contributed by atoms with Crippen molar-refractivity contribution in [2.75, 3.05) is 18.9 Å². The molecule has 0 radical (unpaired) electrons. The fourth-order valence-corrected chi connectivity index (χ4v) is 3.17. The molecule has 0 heterocycles. The Morgan fingerprint density at radius 2 is 1.75 bits per heavy atom. The average molecular weight is 407 g/mol. The highest BCUT2D eigenvalue weighted by molar-refractivity contribution is 6.30. The van der Waals surface area contributed by atoms with E-state index in [0.29, 0.717) is 6.54 Å². The highest BCUT2D eigenvalue weighted by Gasteiger charge is 2.34. The van der Waals surface area contributed by atoms with Crippen LogP contribution in [-0.2, 0) is 17.5 Å². The molecule has 3 aromatic carbocycles. The normalized spacial score (nSPS) is 11.8. The molecule has 0 aliphatic carbocycles. The van der Waals surface area contributed by atoms with Gasteiger partial charge >= 0.3 is 6.18 Å². The van der Waals surface area contributed by atoms with Gasteiger partial charge in [0.1, 0.15) is 0 Å². The molecule has 0 aliphatic rings. The van der Waals surface area contributed by atoms with E-state index >= 15 is 0 Å². The van der Waals surface area contributed by atoms with Crippen molar-refractivity contribution in [3.8, 4) is 0 Å². The summed E-state index contributed by atoms with van der Waals surface area (Å²) < 4.78 is 39.4. The van der Waals surface area contributed by atoms with Crippen molar-refractivity contribution in [1.29, 1.82) is 0 Å². The summed E-state index contributed by atoms with van der Waals surface area (Å²) in [6.45, 7) is 0.442. The van der Waals surface area contributed by atoms with Crippen molar-refractivity contribution in [3.63, 3.8) is 0 Å². The van der Waals surface area contributed by atoms with E-state index in [1.54, 1.807) is 11.9 Å². The fourth-order valence-electron chi connectivity index (χ4n) is 3.00. The first-order chi connectivity index (χ1) is 13.2. The summed E-state index contributed by atoms with van der Waals surface area (Å²) >= 11 is 5.65. The number of carbonyl (C=O) groups excluding carboxylic acids is 1. The highest BCUT2D eigenvalue weighted by atomic mass is 35.5. The topological polar surface area (TPSA) is 32.3 Å². The molecule has 0 unspecified atom stereocenters. The number of alkyl halides is 3. The van der Waals surface area contributed by atoms with E-state index < -0.39 is 17.6 Å². The lowest BCUT2D eigenvalue weighted by atomic mass is 10.1. The predicted octanol–water partition coefficient (Wildman–Crippen LogP) is 5.58. The third-order valence-corrected chi connectivity index (χ3v) is 4.48. The van der Waals surface area contributed by atoms with E-state index in [1.165, 1.54) is 6.07 Å². The molecule has 28 heavy (non-hydrogen) atoms. The van der Waals surface area contributed by atoms with Gasteiger partial charge in [0.25, 0.3) is 0 Å². The van der Waals surface area contributed by atoms with Crippen LogP contribution in [0, 0.1) is 0 Å². The SMILES string of the molecule is CN(CC(=O)Nc1ccc(Cl)cc1C(F)(F)F)Cc1ccc2ccccc2c1. The van der Waals surface area contributed by atoms with Gasteiger partial charge < -0.3 is 5.32 Å². The number of carbonyl (C=O) groups is 1. The lowest BCUT2D eigenvalue weighted by Gasteiger charge is -2.18. The van der Waals surface area contributed by atoms with E-state index in [4.69, 9.17) is 11.6 Å². The van der Waals surface area contributed by atoms with Gasteiger partial charge in [0, 0.05) is 11.6 Å². The molecule has 0 atom stereocenters. The van der Waals surface area contributed by atoms with Crippen molar-refractivity contribution in [2.24, 2.45) is 0 Å². The van der Waals surface area contributed by atoms with Crippen LogP contribution in [0.2, 0.25) is 5.02 Å². The number of anilines is 1. The van der Waals surface area contributed by atoms with Crippen LogP contribution in [0.4, 0.5) is 18.9 Å². The number of hydrogen-bond acceptors (Lipinski definition) is 2. The minimum atomic E-state index is -4.61. The van der Waals surface area contributed by atoms with Crippen LogP contribution in [0.1, 0.15) is 11.1 Å². The van der Waals surface area contributed by atoms with Crippen LogP contribution in [0.5, 0.6) is 0 Å². The third kappa shape index (κ3) is 5.03. The zero-order chi connectivity index (χ0) is 20.3. The third-order valence-electron chi connectivity index (χ3n) is 4.24. The molecule has 0 aliphatic heterocycles. The highest BCUT2D eigenvalue weighted by Crippen LogP contribution is 2.36. The quantitative estimate of drug-likeness (QED) is 0.599. The molecule has 3 nitrogen and oxygen atoms in total. The fraction of sp³-hybridized carbons (Fsp3) is 0.190. The summed E-state index contributed by atoms with van der Waals surface area (Å²) in [5.41, 5.74) is -0.261. The zero-order valence-corrected chi connectivity index (χ0v) is 15.8. The Morgan fingerprint density at radius 1 is 1.04 bits per heavy atom. The summed E-state index contributed by atoms with van der Waals surface area (Å²) in [7, 11) is 1.74. The number of likely N-dealkylation sites (N-methyl/N-ethyl adjacent to an activating group) is 1. The zero-order valence-electron chi connectivity index (χ0n) is 15.1. The summed E-state index contributed by atoms with van der Waals surface area (Å²) in [6.07, 6.45) is -4.61. The number of hydrogen-bond donors (Lipinski definition) is 1. The molecule has 0 bridgehead atoms. The number of rotatable bonds is 5. The standard InChI is InChI=1S/C21H18ClF3N2O/c1-27(12-14-6-7-15-4-2-3-5-16(15)10-14)13-20(28)26-19-9-8-17(22)11-18(19)21(23,24)25/h2-11H,12-13H2,1H3,(H,26,28). The van der Waals surface area contributed by atoms with E-state index in [-0.39, 0.29) is 17.3 Å². The van der Waals surface area contributed by atoms with Crippen LogP contribution in [0.15, 0.2) is 60.7 Å². The maximum atomic E-state index is 13.1. The number of benzene rings is 3. The molecule has 0 saturated heterocycles. The Morgan fingerprint density at radius 3 is 2.46 bits per heavy atom. The number of amides is 1. The van der Waals surface area contributed by atoms with Crippen LogP contribution in [-0.4, -0.2) is 24.4 Å². The second-order valence-electron chi connectivity index (χ2n) is 6.59. The maximum absolute atomic E-state index is 13.1. The Kier molecular flexibility index (Phi) is 5.91. The van der Waals surface area contributed by atoms with Gasteiger partial charge in [0.15, 0.2) is 0 Å². The Balaban J connectivity index is 1.66. The molecular formula is C21H18ClF3N2O. The van der Waals surface area contributed by atoms with E-state index in [2.05, 4.69) is 5.32 Å². The first-order valence-corrected chi connectivity index (χ1v) is 8.93. The van der Waals surface area contributed by atoms with Crippen molar-refractivity contribution in [3.05, 3.63) is 76.8 Å². The largest absolute Gasteiger partial charge is 0.418 e. The van der Waals surface area contributed by atoms with Gasteiger partial charge in [0.05, 0.1) is 17.8 Å². The summed E-state index contributed by atoms with van der Waals surface area (Å²) in [6, 6.07) is 17.2. The van der Waals surface area contributed by atoms with Gasteiger partial charge in [-0.05, 0) is 47.6 Å². The molecule has 0 saturated carbocycles. The predicted molar refractivity (Wildman–Crippen MR) is 105 cm³/mol. The lowest BCUT2D eigenvalue weighted by Crippen LogP contribution is -2.30.